The van der Waals surface area contributed by atoms with Crippen LogP contribution in [0.4, 0.5) is 4.39 Å². The second-order valence-electron chi connectivity index (χ2n) is 6.28. The van der Waals surface area contributed by atoms with E-state index < -0.39 is 11.8 Å². The number of halogens is 2. The van der Waals surface area contributed by atoms with Crippen molar-refractivity contribution >= 4 is 28.5 Å². The molecule has 0 saturated carbocycles. The Morgan fingerprint density at radius 2 is 2.04 bits per heavy atom. The molecule has 0 N–H and O–H groups in total. The molecular formula is C19H18ClFN2O2. The van der Waals surface area contributed by atoms with Gasteiger partial charge in [-0.05, 0) is 42.7 Å². The Balaban J connectivity index is 2.21. The molecule has 0 amide bonds. The Hall–Kier alpha value is -2.40. The van der Waals surface area contributed by atoms with E-state index in [9.17, 15) is 9.18 Å². The first kappa shape index (κ1) is 17.4. The van der Waals surface area contributed by atoms with Crippen molar-refractivity contribution in [2.24, 2.45) is 5.92 Å². The van der Waals surface area contributed by atoms with Gasteiger partial charge in [-0.2, -0.15) is 5.10 Å². The number of carbonyl (C=O) groups excluding carboxylic acids is 1. The molecule has 0 aliphatic rings. The number of esters is 1. The van der Waals surface area contributed by atoms with E-state index in [1.54, 1.807) is 28.9 Å². The van der Waals surface area contributed by atoms with Crippen molar-refractivity contribution in [2.45, 2.75) is 20.3 Å². The third-order valence-electron chi connectivity index (χ3n) is 3.93. The number of nitrogens with zero attached hydrogens (tertiary/aromatic N) is 2. The monoisotopic (exact) mass is 360 g/mol. The zero-order chi connectivity index (χ0) is 18.1. The predicted molar refractivity (Wildman–Crippen MR) is 95.9 cm³/mol. The van der Waals surface area contributed by atoms with Gasteiger partial charge in [-0.1, -0.05) is 25.4 Å². The van der Waals surface area contributed by atoms with E-state index >= 15 is 0 Å². The zero-order valence-electron chi connectivity index (χ0n) is 14.2. The van der Waals surface area contributed by atoms with Crippen molar-refractivity contribution in [1.82, 2.24) is 9.78 Å². The van der Waals surface area contributed by atoms with Gasteiger partial charge in [0.2, 0.25) is 0 Å². The van der Waals surface area contributed by atoms with Crippen LogP contribution in [0.3, 0.4) is 0 Å². The van der Waals surface area contributed by atoms with Gasteiger partial charge in [0, 0.05) is 11.5 Å². The van der Waals surface area contributed by atoms with Crippen molar-refractivity contribution in [3.63, 3.8) is 0 Å². The molecule has 3 rings (SSSR count). The van der Waals surface area contributed by atoms with Crippen molar-refractivity contribution in [3.05, 3.63) is 58.5 Å². The highest BCUT2D eigenvalue weighted by atomic mass is 35.5. The lowest BCUT2D eigenvalue weighted by molar-refractivity contribution is 0.0601. The summed E-state index contributed by atoms with van der Waals surface area (Å²) >= 11 is 5.78. The second kappa shape index (κ2) is 6.84. The fraction of sp³-hybridized carbons (Fsp3) is 0.263. The lowest BCUT2D eigenvalue weighted by atomic mass is 10.0. The van der Waals surface area contributed by atoms with Crippen LogP contribution in [0.1, 0.15) is 29.9 Å². The van der Waals surface area contributed by atoms with Crippen molar-refractivity contribution in [1.29, 1.82) is 0 Å². The quantitative estimate of drug-likeness (QED) is 0.627. The van der Waals surface area contributed by atoms with Crippen LogP contribution in [-0.2, 0) is 11.2 Å². The third kappa shape index (κ3) is 3.37. The number of hydrogen-bond donors (Lipinski definition) is 0. The molecule has 0 spiro atoms. The van der Waals surface area contributed by atoms with Gasteiger partial charge in [-0.3, -0.25) is 0 Å². The summed E-state index contributed by atoms with van der Waals surface area (Å²) in [5, 5.41) is 5.57. The number of carbonyl (C=O) groups is 1. The molecule has 0 bridgehead atoms. The van der Waals surface area contributed by atoms with Gasteiger partial charge in [0.05, 0.1) is 34.6 Å². The molecule has 4 nitrogen and oxygen atoms in total. The maximum atomic E-state index is 13.9. The summed E-state index contributed by atoms with van der Waals surface area (Å²) in [5.41, 5.74) is 2.69. The summed E-state index contributed by atoms with van der Waals surface area (Å²) in [6.45, 7) is 4.19. The Bertz CT molecular complexity index is 950. The molecule has 0 unspecified atom stereocenters. The molecule has 0 aliphatic heterocycles. The Morgan fingerprint density at radius 3 is 2.68 bits per heavy atom. The molecular weight excluding hydrogens is 343 g/mol. The highest BCUT2D eigenvalue weighted by molar-refractivity contribution is 6.30. The van der Waals surface area contributed by atoms with Gasteiger partial charge < -0.3 is 4.74 Å². The van der Waals surface area contributed by atoms with E-state index in [4.69, 9.17) is 16.3 Å². The van der Waals surface area contributed by atoms with Crippen LogP contribution in [0.5, 0.6) is 0 Å². The molecule has 130 valence electrons. The van der Waals surface area contributed by atoms with Crippen LogP contribution in [0, 0.1) is 11.7 Å². The Kier molecular flexibility index (Phi) is 4.77. The first-order valence-electron chi connectivity index (χ1n) is 7.96. The van der Waals surface area contributed by atoms with Gasteiger partial charge in [-0.25, -0.2) is 13.9 Å². The summed E-state index contributed by atoms with van der Waals surface area (Å²) in [5.74, 6) is -0.516. The molecule has 0 atom stereocenters. The lowest BCUT2D eigenvalue weighted by Gasteiger charge is -2.05. The first-order chi connectivity index (χ1) is 11.9. The molecule has 0 fully saturated rings. The van der Waals surface area contributed by atoms with Crippen molar-refractivity contribution in [2.75, 3.05) is 7.11 Å². The fourth-order valence-corrected chi connectivity index (χ4v) is 2.89. The smallest absolute Gasteiger partial charge is 0.337 e. The van der Waals surface area contributed by atoms with E-state index in [-0.39, 0.29) is 5.02 Å². The van der Waals surface area contributed by atoms with E-state index in [1.165, 1.54) is 19.2 Å². The largest absolute Gasteiger partial charge is 0.465 e. The zero-order valence-corrected chi connectivity index (χ0v) is 15.0. The minimum absolute atomic E-state index is 0.0654. The number of ether oxygens (including phenoxy) is 1. The summed E-state index contributed by atoms with van der Waals surface area (Å²) < 4.78 is 20.3. The SMILES string of the molecule is COC(=O)c1ccc2c(c1)c(CC(C)C)nn2-c1ccc(Cl)c(F)c1. The standard InChI is InChI=1S/C19H18ClFN2O2/c1-11(2)8-17-14-9-12(19(24)25-3)4-7-18(14)23(22-17)13-5-6-15(20)16(21)10-13/h4-7,9-11H,8H2,1-3H3. The Labute approximate surface area is 150 Å². The fourth-order valence-electron chi connectivity index (χ4n) is 2.78. The molecule has 6 heteroatoms. The predicted octanol–water partition coefficient (Wildman–Crippen LogP) is 4.80. The number of benzene rings is 2. The molecule has 25 heavy (non-hydrogen) atoms. The minimum atomic E-state index is -0.501. The van der Waals surface area contributed by atoms with Crippen molar-refractivity contribution < 1.29 is 13.9 Å². The Morgan fingerprint density at radius 1 is 1.28 bits per heavy atom. The molecule has 2 aromatic carbocycles. The topological polar surface area (TPSA) is 44.1 Å². The number of fused-ring (bicyclic) bond motifs is 1. The highest BCUT2D eigenvalue weighted by Crippen LogP contribution is 2.27. The lowest BCUT2D eigenvalue weighted by Crippen LogP contribution is -2.01. The van der Waals surface area contributed by atoms with Crippen LogP contribution in [-0.4, -0.2) is 22.9 Å². The van der Waals surface area contributed by atoms with Crippen molar-refractivity contribution in [3.8, 4) is 5.69 Å². The second-order valence-corrected chi connectivity index (χ2v) is 6.69. The van der Waals surface area contributed by atoms with Gasteiger partial charge in [-0.15, -0.1) is 0 Å². The number of hydrogen-bond acceptors (Lipinski definition) is 3. The summed E-state index contributed by atoms with van der Waals surface area (Å²) in [4.78, 5) is 11.8. The minimum Gasteiger partial charge on any atom is -0.465 e. The molecule has 0 saturated heterocycles. The number of rotatable bonds is 4. The van der Waals surface area contributed by atoms with Gasteiger partial charge >= 0.3 is 5.97 Å². The number of methoxy groups -OCH3 is 1. The average Bonchev–Trinajstić information content (AvgIpc) is 2.94. The summed E-state index contributed by atoms with van der Waals surface area (Å²) in [7, 11) is 1.35. The van der Waals surface area contributed by atoms with Crippen LogP contribution >= 0.6 is 11.6 Å². The van der Waals surface area contributed by atoms with E-state index in [2.05, 4.69) is 18.9 Å². The first-order valence-corrected chi connectivity index (χ1v) is 8.34. The molecule has 1 aromatic heterocycles. The van der Waals surface area contributed by atoms with Crippen LogP contribution in [0.15, 0.2) is 36.4 Å². The van der Waals surface area contributed by atoms with Crippen LogP contribution < -0.4 is 0 Å². The van der Waals surface area contributed by atoms with E-state index in [0.29, 0.717) is 17.2 Å². The van der Waals surface area contributed by atoms with Gasteiger partial charge in [0.1, 0.15) is 5.82 Å². The van der Waals surface area contributed by atoms with Crippen LogP contribution in [0.2, 0.25) is 5.02 Å². The highest BCUT2D eigenvalue weighted by Gasteiger charge is 2.16. The van der Waals surface area contributed by atoms with Crippen LogP contribution in [0.25, 0.3) is 16.6 Å². The molecule has 0 radical (unpaired) electrons. The molecule has 1 heterocycles. The third-order valence-corrected chi connectivity index (χ3v) is 4.23. The van der Waals surface area contributed by atoms with E-state index in [1.807, 2.05) is 0 Å². The normalized spacial score (nSPS) is 11.3. The molecule has 0 aliphatic carbocycles. The summed E-state index contributed by atoms with van der Waals surface area (Å²) in [6, 6.07) is 9.81. The average molecular weight is 361 g/mol. The number of aromatic nitrogens is 2. The van der Waals surface area contributed by atoms with Gasteiger partial charge in [0.25, 0.3) is 0 Å². The molecule has 3 aromatic rings. The maximum absolute atomic E-state index is 13.9. The van der Waals surface area contributed by atoms with E-state index in [0.717, 1.165) is 23.0 Å². The summed E-state index contributed by atoms with van der Waals surface area (Å²) in [6.07, 6.45) is 0.740. The van der Waals surface area contributed by atoms with Gasteiger partial charge in [0.15, 0.2) is 0 Å². The maximum Gasteiger partial charge on any atom is 0.337 e.